The number of rotatable bonds is 7. The van der Waals surface area contributed by atoms with E-state index in [0.29, 0.717) is 42.4 Å². The molecule has 2 fully saturated rings. The molecule has 182 valence electrons. The summed E-state index contributed by atoms with van der Waals surface area (Å²) in [6.07, 6.45) is 3.82. The number of halogens is 1. The molecule has 0 saturated carbocycles. The second-order valence-corrected chi connectivity index (χ2v) is 8.50. The SMILES string of the molecule is O=C1O[C@@H](CN2C=C(CO)NN2)CN1c1ccc(N2CCC(n3nncc3CO)CC2)c(F)c1. The fourth-order valence-electron chi connectivity index (χ4n) is 4.58. The van der Waals surface area contributed by atoms with Gasteiger partial charge in [-0.25, -0.2) is 13.9 Å². The first kappa shape index (κ1) is 22.4. The maximum absolute atomic E-state index is 15.1. The number of nitrogens with zero attached hydrogens (tertiary/aromatic N) is 6. The third-order valence-corrected chi connectivity index (χ3v) is 6.32. The van der Waals surface area contributed by atoms with E-state index in [2.05, 4.69) is 21.3 Å². The fourth-order valence-corrected chi connectivity index (χ4v) is 4.58. The number of piperidine rings is 1. The highest BCUT2D eigenvalue weighted by atomic mass is 19.1. The van der Waals surface area contributed by atoms with Gasteiger partial charge in [0.25, 0.3) is 0 Å². The normalized spacial score (nSPS) is 21.1. The van der Waals surface area contributed by atoms with Crippen LogP contribution in [-0.2, 0) is 11.3 Å². The minimum Gasteiger partial charge on any atom is -0.442 e. The Balaban J connectivity index is 1.20. The van der Waals surface area contributed by atoms with E-state index < -0.39 is 18.0 Å². The highest BCUT2D eigenvalue weighted by Gasteiger charge is 2.34. The van der Waals surface area contributed by atoms with Crippen LogP contribution in [0.3, 0.4) is 0 Å². The molecule has 4 heterocycles. The first-order chi connectivity index (χ1) is 16.6. The Kier molecular flexibility index (Phi) is 6.22. The third-order valence-electron chi connectivity index (χ3n) is 6.32. The van der Waals surface area contributed by atoms with Gasteiger partial charge in [0, 0.05) is 19.3 Å². The zero-order valence-corrected chi connectivity index (χ0v) is 18.5. The van der Waals surface area contributed by atoms with Gasteiger partial charge in [-0.15, -0.1) is 10.6 Å². The van der Waals surface area contributed by atoms with Crippen LogP contribution in [0.1, 0.15) is 24.6 Å². The van der Waals surface area contributed by atoms with Gasteiger partial charge in [-0.1, -0.05) is 5.21 Å². The molecule has 3 aliphatic heterocycles. The summed E-state index contributed by atoms with van der Waals surface area (Å²) in [4.78, 5) is 15.8. The summed E-state index contributed by atoms with van der Waals surface area (Å²) < 4.78 is 22.3. The lowest BCUT2D eigenvalue weighted by atomic mass is 10.0. The Hall–Kier alpha value is -3.42. The molecule has 2 aromatic rings. The van der Waals surface area contributed by atoms with Crippen LogP contribution < -0.4 is 20.8 Å². The monoisotopic (exact) mass is 474 g/mol. The van der Waals surface area contributed by atoms with Gasteiger partial charge in [0.1, 0.15) is 11.9 Å². The summed E-state index contributed by atoms with van der Waals surface area (Å²) >= 11 is 0. The number of amides is 1. The molecule has 34 heavy (non-hydrogen) atoms. The molecule has 1 aromatic heterocycles. The van der Waals surface area contributed by atoms with E-state index in [-0.39, 0.29) is 25.8 Å². The lowest BCUT2D eigenvalue weighted by molar-refractivity contribution is 0.109. The molecule has 1 atom stereocenters. The van der Waals surface area contributed by atoms with Crippen molar-refractivity contribution in [3.05, 3.63) is 47.8 Å². The number of cyclic esters (lactones) is 1. The number of carbonyl (C=O) groups excluding carboxylic acids is 1. The number of hydrogen-bond acceptors (Lipinski definition) is 10. The Bertz CT molecular complexity index is 1070. The molecule has 5 rings (SSSR count). The fraction of sp³-hybridized carbons (Fsp3) is 0.476. The second-order valence-electron chi connectivity index (χ2n) is 8.50. The van der Waals surface area contributed by atoms with Crippen molar-refractivity contribution in [2.45, 2.75) is 31.6 Å². The average molecular weight is 474 g/mol. The van der Waals surface area contributed by atoms with E-state index >= 15 is 4.39 Å². The topological polar surface area (TPSA) is 131 Å². The first-order valence-corrected chi connectivity index (χ1v) is 11.2. The molecule has 1 aromatic carbocycles. The van der Waals surface area contributed by atoms with Crippen LogP contribution in [0, 0.1) is 5.82 Å². The van der Waals surface area contributed by atoms with Gasteiger partial charge in [-0.3, -0.25) is 9.91 Å². The molecule has 3 aliphatic rings. The largest absolute Gasteiger partial charge is 0.442 e. The van der Waals surface area contributed by atoms with Crippen LogP contribution in [0.2, 0.25) is 0 Å². The van der Waals surface area contributed by atoms with E-state index in [4.69, 9.17) is 9.84 Å². The van der Waals surface area contributed by atoms with E-state index in [1.54, 1.807) is 34.2 Å². The van der Waals surface area contributed by atoms with E-state index in [1.165, 1.54) is 11.0 Å². The first-order valence-electron chi connectivity index (χ1n) is 11.2. The van der Waals surface area contributed by atoms with Gasteiger partial charge >= 0.3 is 6.09 Å². The van der Waals surface area contributed by atoms with Crippen molar-refractivity contribution in [1.29, 1.82) is 0 Å². The summed E-state index contributed by atoms with van der Waals surface area (Å²) in [6, 6.07) is 4.91. The molecule has 0 unspecified atom stereocenters. The number of benzene rings is 1. The number of aliphatic hydroxyl groups excluding tert-OH is 2. The Morgan fingerprint density at radius 1 is 1.21 bits per heavy atom. The molecular formula is C21H27FN8O4. The summed E-state index contributed by atoms with van der Waals surface area (Å²) in [5.41, 5.74) is 7.88. The number of nitrogens with one attached hydrogen (secondary N) is 2. The van der Waals surface area contributed by atoms with Crippen molar-refractivity contribution in [2.75, 3.05) is 42.6 Å². The number of hydrazine groups is 2. The van der Waals surface area contributed by atoms with Crippen LogP contribution in [-0.4, -0.2) is 75.2 Å². The zero-order chi connectivity index (χ0) is 23.7. The van der Waals surface area contributed by atoms with Crippen molar-refractivity contribution in [3.8, 4) is 0 Å². The molecular weight excluding hydrogens is 447 g/mol. The Morgan fingerprint density at radius 2 is 2.03 bits per heavy atom. The number of anilines is 2. The summed E-state index contributed by atoms with van der Waals surface area (Å²) in [6.45, 7) is 1.69. The molecule has 12 nitrogen and oxygen atoms in total. The number of carbonyl (C=O) groups is 1. The van der Waals surface area contributed by atoms with Gasteiger partial charge in [0.15, 0.2) is 0 Å². The van der Waals surface area contributed by atoms with Crippen LogP contribution in [0.25, 0.3) is 0 Å². The number of hydrogen-bond donors (Lipinski definition) is 4. The lowest BCUT2D eigenvalue weighted by Gasteiger charge is -2.34. The van der Waals surface area contributed by atoms with Gasteiger partial charge in [-0.2, -0.15) is 0 Å². The predicted molar refractivity (Wildman–Crippen MR) is 119 cm³/mol. The van der Waals surface area contributed by atoms with Crippen molar-refractivity contribution < 1.29 is 24.1 Å². The smallest absolute Gasteiger partial charge is 0.414 e. The van der Waals surface area contributed by atoms with Gasteiger partial charge in [0.05, 0.1) is 61.3 Å². The molecule has 0 aliphatic carbocycles. The highest BCUT2D eigenvalue weighted by molar-refractivity contribution is 5.90. The zero-order valence-electron chi connectivity index (χ0n) is 18.5. The molecule has 0 spiro atoms. The van der Waals surface area contributed by atoms with Crippen LogP contribution in [0.4, 0.5) is 20.6 Å². The van der Waals surface area contributed by atoms with Gasteiger partial charge in [-0.05, 0) is 31.0 Å². The Morgan fingerprint density at radius 3 is 2.74 bits per heavy atom. The molecule has 0 bridgehead atoms. The lowest BCUT2D eigenvalue weighted by Crippen LogP contribution is -2.41. The summed E-state index contributed by atoms with van der Waals surface area (Å²) in [7, 11) is 0. The molecule has 1 amide bonds. The maximum Gasteiger partial charge on any atom is 0.414 e. The van der Waals surface area contributed by atoms with E-state index in [1.807, 2.05) is 4.90 Å². The summed E-state index contributed by atoms with van der Waals surface area (Å²) in [5.74, 6) is -0.398. The van der Waals surface area contributed by atoms with Crippen LogP contribution >= 0.6 is 0 Å². The van der Waals surface area contributed by atoms with Crippen molar-refractivity contribution in [1.82, 2.24) is 31.0 Å². The van der Waals surface area contributed by atoms with Crippen molar-refractivity contribution in [3.63, 3.8) is 0 Å². The van der Waals surface area contributed by atoms with Crippen molar-refractivity contribution in [2.24, 2.45) is 0 Å². The average Bonchev–Trinajstić information content (AvgIpc) is 3.59. The number of aromatic nitrogens is 3. The molecule has 0 radical (unpaired) electrons. The number of aliphatic hydroxyl groups is 2. The quantitative estimate of drug-likeness (QED) is 0.442. The molecule has 13 heteroatoms. The third kappa shape index (κ3) is 4.36. The number of ether oxygens (including phenoxy) is 1. The van der Waals surface area contributed by atoms with E-state index in [0.717, 1.165) is 12.8 Å². The van der Waals surface area contributed by atoms with Crippen LogP contribution in [0.15, 0.2) is 36.3 Å². The second kappa shape index (κ2) is 9.44. The Labute approximate surface area is 195 Å². The van der Waals surface area contributed by atoms with Gasteiger partial charge in [0.2, 0.25) is 0 Å². The minimum absolute atomic E-state index is 0.114. The van der Waals surface area contributed by atoms with E-state index in [9.17, 15) is 9.90 Å². The van der Waals surface area contributed by atoms with Gasteiger partial charge < -0.3 is 25.3 Å². The molecule has 2 saturated heterocycles. The van der Waals surface area contributed by atoms with Crippen molar-refractivity contribution >= 4 is 17.5 Å². The molecule has 4 N–H and O–H groups in total. The minimum atomic E-state index is -0.524. The maximum atomic E-state index is 15.1. The predicted octanol–water partition coefficient (Wildman–Crippen LogP) is 0.235. The standard InChI is InChI=1S/C21H27FN8O4/c22-19-7-16(29-11-18(34-21(29)33)10-28-9-14(12-31)24-26-28)1-2-20(19)27-5-3-15(4-6-27)30-17(13-32)8-23-25-30/h1-2,7-9,15,18,24,26,31-32H,3-6,10-13H2/t18-/m0/s1. The highest BCUT2D eigenvalue weighted by Crippen LogP contribution is 2.32. The van der Waals surface area contributed by atoms with Crippen LogP contribution in [0.5, 0.6) is 0 Å². The summed E-state index contributed by atoms with van der Waals surface area (Å²) in [5, 5.41) is 28.2.